The Hall–Kier alpha value is -12.7. The smallest absolute Gasteiger partial charge is 0.343 e. The molecule has 21 heteroatoms. The molecule has 0 aromatic heterocycles. The fraction of sp³-hybridized carbons (Fsp3) is 0.309. The van der Waals surface area contributed by atoms with Gasteiger partial charge in [0.2, 0.25) is 11.8 Å². The van der Waals surface area contributed by atoms with Gasteiger partial charge in [-0.2, -0.15) is 0 Å². The van der Waals surface area contributed by atoms with E-state index in [2.05, 4.69) is 0 Å². The van der Waals surface area contributed by atoms with E-state index in [0.29, 0.717) is 42.1 Å². The lowest BCUT2D eigenvalue weighted by Crippen LogP contribution is -2.33. The van der Waals surface area contributed by atoms with Crippen LogP contribution in [0.1, 0.15) is 243 Å². The lowest BCUT2D eigenvalue weighted by molar-refractivity contribution is -0.138. The number of carbonyl (C=O) groups is 11. The van der Waals surface area contributed by atoms with Crippen LogP contribution in [0.2, 0.25) is 0 Å². The molecule has 2 amide bonds. The Bertz CT molecular complexity index is 4510. The fourth-order valence-electron chi connectivity index (χ4n) is 10.9. The molecule has 115 heavy (non-hydrogen) atoms. The first-order chi connectivity index (χ1) is 51.3. The number of imide groups is 1. The second-order valence-electron chi connectivity index (χ2n) is 24.6. The van der Waals surface area contributed by atoms with Crippen LogP contribution in [-0.4, -0.2) is 91.5 Å². The number of benzene rings is 8. The summed E-state index contributed by atoms with van der Waals surface area (Å²) in [5.41, 5.74) is 3.82. The van der Waals surface area contributed by atoms with Crippen molar-refractivity contribution < 1.29 is 95.4 Å². The minimum atomic E-state index is -1.03. The van der Waals surface area contributed by atoms with E-state index in [1.54, 1.807) is 117 Å². The van der Waals surface area contributed by atoms with E-state index < -0.39 is 89.4 Å². The van der Waals surface area contributed by atoms with Crippen LogP contribution >= 0.6 is 0 Å². The maximum absolute atomic E-state index is 15.0. The molecule has 0 radical (unpaired) electrons. The lowest BCUT2D eigenvalue weighted by atomic mass is 9.76. The van der Waals surface area contributed by atoms with E-state index in [-0.39, 0.29) is 147 Å². The van der Waals surface area contributed by atoms with Gasteiger partial charge in [-0.15, -0.1) is 0 Å². The van der Waals surface area contributed by atoms with Crippen LogP contribution in [0.3, 0.4) is 0 Å². The summed E-state index contributed by atoms with van der Waals surface area (Å²) in [4.78, 5) is 147. The van der Waals surface area contributed by atoms with Crippen molar-refractivity contribution in [3.05, 3.63) is 268 Å². The number of hydrogen-bond donors (Lipinski definition) is 0. The molecular formula is C94H115NO20. The van der Waals surface area contributed by atoms with Crippen molar-refractivity contribution in [2.24, 2.45) is 11.8 Å². The molecule has 4 unspecified atom stereocenters. The highest BCUT2D eigenvalue weighted by Crippen LogP contribution is 2.44. The molecule has 0 saturated carbocycles. The Balaban J connectivity index is 0.0000144. The van der Waals surface area contributed by atoms with Crippen molar-refractivity contribution in [3.8, 4) is 28.7 Å². The summed E-state index contributed by atoms with van der Waals surface area (Å²) in [6.07, 6.45) is 13.1. The maximum atomic E-state index is 15.0. The lowest BCUT2D eigenvalue weighted by Gasteiger charge is -2.28. The zero-order valence-electron chi connectivity index (χ0n) is 59.1. The molecule has 1 fully saturated rings. The molecule has 8 aromatic carbocycles. The first-order valence-corrected chi connectivity index (χ1v) is 34.8. The Labute approximate surface area is 679 Å². The van der Waals surface area contributed by atoms with Gasteiger partial charge in [-0.3, -0.25) is 14.5 Å². The van der Waals surface area contributed by atoms with E-state index in [1.807, 2.05) is 20.8 Å². The molecule has 1 heterocycles. The molecule has 0 aliphatic carbocycles. The Morgan fingerprint density at radius 2 is 0.609 bits per heavy atom. The van der Waals surface area contributed by atoms with Gasteiger partial charge in [-0.25, -0.2) is 43.2 Å². The van der Waals surface area contributed by atoms with Gasteiger partial charge in [-0.05, 0) is 224 Å². The van der Waals surface area contributed by atoms with Gasteiger partial charge in [0.1, 0.15) is 34.9 Å². The molecule has 4 atom stereocenters. The quantitative estimate of drug-likeness (QED) is 0.00923. The van der Waals surface area contributed by atoms with E-state index in [0.717, 1.165) is 43.4 Å². The highest BCUT2D eigenvalue weighted by atomic mass is 16.6. The van der Waals surface area contributed by atoms with Gasteiger partial charge in [0.25, 0.3) is 0 Å². The average molecular weight is 1580 g/mol. The van der Waals surface area contributed by atoms with Crippen molar-refractivity contribution in [2.45, 2.75) is 165 Å². The van der Waals surface area contributed by atoms with Gasteiger partial charge >= 0.3 is 53.7 Å². The summed E-state index contributed by atoms with van der Waals surface area (Å²) in [6, 6.07) is 48.6. The standard InChI is InChI=1S/C85H79NO20.9CH4/c1-6-10-51-98-74(87)48-19-56-13-22-60(23-14-56)81(93)103-69-40-30-63(31-41-69)80(92)101-67(9-4)54-73(59-28-38-68(39-29-59)102-84(96)64-32-42-70(43-33-64)104-82(94)61-24-15-57(16-25-61)20-49-75(88)99-52-11-7-2)77-55(5)78(90)86(79(77)91)66-36-46-72(47-37-66)106-85(97)65-34-44-71(45-35-65)105-83(95)62-26-17-58(18-27-62)21-50-76(89)100-53-12-8-3;;;;;;;;;/h13-50,55,67,73,77H,6-12,51-54H2,1-5H3;9*1H4/b48-19+,49-20+,50-21+;;;;;;;;;. The Morgan fingerprint density at radius 1 is 0.348 bits per heavy atom. The molecule has 616 valence electrons. The largest absolute Gasteiger partial charge is 0.463 e. The van der Waals surface area contributed by atoms with Crippen molar-refractivity contribution >= 4 is 89.5 Å². The first-order valence-electron chi connectivity index (χ1n) is 34.8. The Morgan fingerprint density at radius 3 is 0.887 bits per heavy atom. The SMILES string of the molecule is C.C.C.C.C.C.C.C.C.CCCCOC(=O)/C=C/c1ccc(C(=O)Oc2ccc(C(=O)Oc3ccc(C(CC(CC)OC(=O)c4ccc(OC(=O)c5ccc(/C=C/C(=O)OCCCC)cc5)cc4)C4C(=O)N(c5ccc(OC(=O)c6ccc(OC(=O)c7ccc(/C=C/C(=O)OCCCC)cc7)cc6)cc5)C(=O)C4C)cc3)cc2)cc1. The molecule has 1 aliphatic heterocycles. The van der Waals surface area contributed by atoms with Crippen molar-refractivity contribution in [1.29, 1.82) is 0 Å². The monoisotopic (exact) mass is 1580 g/mol. The molecule has 0 bridgehead atoms. The first kappa shape index (κ1) is 102. The summed E-state index contributed by atoms with van der Waals surface area (Å²) < 4.78 is 49.7. The second-order valence-corrected chi connectivity index (χ2v) is 24.6. The molecule has 0 N–H and O–H groups in total. The van der Waals surface area contributed by atoms with Gasteiger partial charge < -0.3 is 42.6 Å². The number of amides is 2. The summed E-state index contributed by atoms with van der Waals surface area (Å²) in [6.45, 7) is 10.4. The molecule has 9 rings (SSSR count). The summed E-state index contributed by atoms with van der Waals surface area (Å²) in [7, 11) is 0. The van der Waals surface area contributed by atoms with Crippen LogP contribution in [0, 0.1) is 11.8 Å². The Kier molecular flexibility index (Phi) is 45.5. The predicted molar refractivity (Wildman–Crippen MR) is 454 cm³/mol. The molecular weight excluding hydrogens is 1460 g/mol. The van der Waals surface area contributed by atoms with E-state index >= 15 is 0 Å². The third kappa shape index (κ3) is 29.8. The van der Waals surface area contributed by atoms with Crippen LogP contribution in [0.15, 0.2) is 212 Å². The zero-order valence-corrected chi connectivity index (χ0v) is 59.1. The molecule has 0 spiro atoms. The maximum Gasteiger partial charge on any atom is 0.343 e. The number of ether oxygens (including phenoxy) is 9. The van der Waals surface area contributed by atoms with Gasteiger partial charge in [0, 0.05) is 24.1 Å². The molecule has 21 nitrogen and oxygen atoms in total. The van der Waals surface area contributed by atoms with E-state index in [1.165, 1.54) is 127 Å². The highest BCUT2D eigenvalue weighted by Gasteiger charge is 2.50. The molecule has 8 aromatic rings. The summed E-state index contributed by atoms with van der Waals surface area (Å²) >= 11 is 0. The van der Waals surface area contributed by atoms with E-state index in [4.69, 9.17) is 42.6 Å². The van der Waals surface area contributed by atoms with Gasteiger partial charge in [0.15, 0.2) is 0 Å². The molecule has 1 aliphatic rings. The fourth-order valence-corrected chi connectivity index (χ4v) is 10.9. The zero-order chi connectivity index (χ0) is 75.5. The van der Waals surface area contributed by atoms with Crippen LogP contribution < -0.4 is 28.6 Å². The minimum absolute atomic E-state index is 0. The average Bonchev–Trinajstić information content (AvgIpc) is 1.61. The van der Waals surface area contributed by atoms with Crippen LogP contribution in [0.25, 0.3) is 18.2 Å². The predicted octanol–water partition coefficient (Wildman–Crippen LogP) is 21.5. The van der Waals surface area contributed by atoms with Crippen molar-refractivity contribution in [1.82, 2.24) is 0 Å². The van der Waals surface area contributed by atoms with Crippen molar-refractivity contribution in [3.63, 3.8) is 0 Å². The third-order valence-electron chi connectivity index (χ3n) is 17.0. The summed E-state index contributed by atoms with van der Waals surface area (Å²) in [5, 5.41) is 0. The number of anilines is 1. The van der Waals surface area contributed by atoms with Crippen molar-refractivity contribution in [2.75, 3.05) is 24.7 Å². The number of hydrogen-bond acceptors (Lipinski definition) is 20. The second kappa shape index (κ2) is 51.1. The molecule has 1 saturated heterocycles. The van der Waals surface area contributed by atoms with Crippen LogP contribution in [0.5, 0.6) is 28.7 Å². The van der Waals surface area contributed by atoms with E-state index in [9.17, 15) is 52.7 Å². The summed E-state index contributed by atoms with van der Waals surface area (Å²) in [5.74, 6) is -8.78. The number of unbranched alkanes of at least 4 members (excludes halogenated alkanes) is 3. The topological polar surface area (TPSA) is 274 Å². The highest BCUT2D eigenvalue weighted by molar-refractivity contribution is 6.22. The number of nitrogens with zero attached hydrogens (tertiary/aromatic N) is 1. The van der Waals surface area contributed by atoms with Gasteiger partial charge in [0.05, 0.1) is 64.8 Å². The number of rotatable bonds is 33. The number of esters is 9. The number of carbonyl (C=O) groups excluding carboxylic acids is 11. The van der Waals surface area contributed by atoms with Crippen LogP contribution in [-0.2, 0) is 42.9 Å². The normalized spacial score (nSPS) is 12.8. The third-order valence-corrected chi connectivity index (χ3v) is 17.0. The van der Waals surface area contributed by atoms with Gasteiger partial charge in [-0.1, -0.05) is 169 Å². The minimum Gasteiger partial charge on any atom is -0.463 e. The van der Waals surface area contributed by atoms with Crippen LogP contribution in [0.4, 0.5) is 5.69 Å².